The van der Waals surface area contributed by atoms with Gasteiger partial charge in [-0.3, -0.25) is 4.68 Å². The van der Waals surface area contributed by atoms with E-state index in [2.05, 4.69) is 25.5 Å². The van der Waals surface area contributed by atoms with Gasteiger partial charge in [-0.15, -0.1) is 0 Å². The standard InChI is InChI=1S/C24H21AsFN7O/c1-14-20(10-16(12-27-14)15-5-8-33-22(11-15)29-24(25)31-33)23(34)28-13-17-9-18(26)3-4-19(17)21-6-7-32(2)30-21/h3-12H,13,25H2,1-2H3,(H,28,34). The number of nitrogens with zero attached hydrogens (tertiary/aromatic N) is 6. The van der Waals surface area contributed by atoms with Gasteiger partial charge in [0.2, 0.25) is 0 Å². The zero-order valence-corrected chi connectivity index (χ0v) is 21.0. The first-order chi connectivity index (χ1) is 16.4. The Labute approximate surface area is 203 Å². The topological polar surface area (TPSA) is 90.0 Å². The molecule has 1 atom stereocenters. The summed E-state index contributed by atoms with van der Waals surface area (Å²) in [6.07, 6.45) is 5.39. The minimum atomic E-state index is -0.371. The van der Waals surface area contributed by atoms with Gasteiger partial charge in [0.25, 0.3) is 0 Å². The summed E-state index contributed by atoms with van der Waals surface area (Å²) in [5.74, 6) is -0.658. The van der Waals surface area contributed by atoms with E-state index < -0.39 is 0 Å². The molecule has 0 radical (unpaired) electrons. The molecule has 0 aliphatic carbocycles. The third-order valence-electron chi connectivity index (χ3n) is 5.52. The summed E-state index contributed by atoms with van der Waals surface area (Å²) in [5, 5.41) is 11.6. The molecule has 1 aromatic carbocycles. The first-order valence-corrected chi connectivity index (χ1v) is 11.7. The van der Waals surface area contributed by atoms with Gasteiger partial charge in [0.1, 0.15) is 5.82 Å². The molecule has 10 heteroatoms. The Hall–Kier alpha value is -3.84. The number of carbonyl (C=O) groups excluding carboxylic acids is 1. The number of nitrogens with one attached hydrogen (secondary N) is 1. The summed E-state index contributed by atoms with van der Waals surface area (Å²) in [6, 6.07) is 12.0. The monoisotopic (exact) mass is 517 g/mol. The number of carbonyl (C=O) groups is 1. The van der Waals surface area contributed by atoms with Crippen LogP contribution in [-0.2, 0) is 13.6 Å². The molecule has 4 aromatic heterocycles. The predicted octanol–water partition coefficient (Wildman–Crippen LogP) is 1.83. The van der Waals surface area contributed by atoms with Crippen molar-refractivity contribution in [3.05, 3.63) is 83.7 Å². The van der Waals surface area contributed by atoms with Crippen molar-refractivity contribution in [3.8, 4) is 22.4 Å². The van der Waals surface area contributed by atoms with Crippen molar-refractivity contribution < 1.29 is 9.18 Å². The summed E-state index contributed by atoms with van der Waals surface area (Å²) >= 11 is 1.35. The van der Waals surface area contributed by atoms with Crippen molar-refractivity contribution in [1.82, 2.24) is 34.7 Å². The van der Waals surface area contributed by atoms with Crippen LogP contribution in [0.3, 0.4) is 0 Å². The third-order valence-corrected chi connectivity index (χ3v) is 6.03. The third kappa shape index (κ3) is 4.34. The van der Waals surface area contributed by atoms with Gasteiger partial charge in [-0.25, -0.2) is 4.39 Å². The van der Waals surface area contributed by atoms with Crippen LogP contribution in [0, 0.1) is 12.7 Å². The number of rotatable bonds is 5. The van der Waals surface area contributed by atoms with Crippen LogP contribution in [0.1, 0.15) is 21.6 Å². The van der Waals surface area contributed by atoms with Crippen molar-refractivity contribution in [2.75, 3.05) is 0 Å². The molecule has 0 fully saturated rings. The molecule has 0 spiro atoms. The zero-order chi connectivity index (χ0) is 23.8. The summed E-state index contributed by atoms with van der Waals surface area (Å²) < 4.78 is 18.1. The van der Waals surface area contributed by atoms with E-state index in [-0.39, 0.29) is 18.3 Å². The van der Waals surface area contributed by atoms with E-state index >= 15 is 0 Å². The fourth-order valence-electron chi connectivity index (χ4n) is 3.79. The minimum Gasteiger partial charge on any atom is -0.275 e. The van der Waals surface area contributed by atoms with Crippen LogP contribution in [0.4, 0.5) is 4.39 Å². The number of benzene rings is 1. The van der Waals surface area contributed by atoms with Gasteiger partial charge in [0, 0.05) is 18.8 Å². The summed E-state index contributed by atoms with van der Waals surface area (Å²) in [6.45, 7) is 1.94. The molecular formula is C24H21AsFN7O. The molecule has 5 rings (SSSR count). The van der Waals surface area contributed by atoms with Crippen LogP contribution in [-0.4, -0.2) is 52.1 Å². The Morgan fingerprint density at radius 2 is 1.94 bits per heavy atom. The Balaban J connectivity index is 1.41. The summed E-state index contributed by atoms with van der Waals surface area (Å²) in [5.41, 5.74) is 5.60. The van der Waals surface area contributed by atoms with Crippen LogP contribution in [0.15, 0.2) is 61.1 Å². The van der Waals surface area contributed by atoms with Gasteiger partial charge < -0.3 is 0 Å². The average Bonchev–Trinajstić information content (AvgIpc) is 3.41. The molecule has 0 aliphatic heterocycles. The fourth-order valence-corrected chi connectivity index (χ4v) is 4.33. The van der Waals surface area contributed by atoms with E-state index in [0.29, 0.717) is 22.5 Å². The molecule has 0 saturated heterocycles. The second kappa shape index (κ2) is 8.83. The van der Waals surface area contributed by atoms with E-state index in [1.54, 1.807) is 28.4 Å². The maximum absolute atomic E-state index is 14.0. The van der Waals surface area contributed by atoms with Crippen LogP contribution in [0.2, 0.25) is 0 Å². The molecule has 170 valence electrons. The van der Waals surface area contributed by atoms with Crippen LogP contribution >= 0.6 is 0 Å². The SMILES string of the molecule is Cc1ncc(-c2ccn3nc([AsH2])nc3c2)cc1C(=O)NCc1cc(F)ccc1-c1ccn(C)n1. The normalized spacial score (nSPS) is 11.2. The summed E-state index contributed by atoms with van der Waals surface area (Å²) in [7, 11) is 1.82. The Morgan fingerprint density at radius 1 is 1.09 bits per heavy atom. The number of hydrogen-bond donors (Lipinski definition) is 1. The number of fused-ring (bicyclic) bond motifs is 1. The smallest absolute Gasteiger partial charge is 0.275 e. The molecule has 1 N–H and O–H groups in total. The van der Waals surface area contributed by atoms with Gasteiger partial charge in [-0.1, -0.05) is 0 Å². The molecule has 0 bridgehead atoms. The van der Waals surface area contributed by atoms with Crippen molar-refractivity contribution in [1.29, 1.82) is 0 Å². The Bertz CT molecular complexity index is 1540. The second-order valence-electron chi connectivity index (χ2n) is 7.90. The molecule has 8 nitrogen and oxygen atoms in total. The molecule has 1 amide bonds. The first kappa shape index (κ1) is 22.0. The van der Waals surface area contributed by atoms with Crippen LogP contribution < -0.4 is 9.93 Å². The van der Waals surface area contributed by atoms with Gasteiger partial charge in [-0.05, 0) is 24.3 Å². The number of hydrogen-bond acceptors (Lipinski definition) is 5. The minimum absolute atomic E-state index is 0.152. The van der Waals surface area contributed by atoms with Crippen molar-refractivity contribution in [3.63, 3.8) is 0 Å². The quantitative estimate of drug-likeness (QED) is 0.360. The maximum atomic E-state index is 14.0. The van der Waals surface area contributed by atoms with E-state index in [0.717, 1.165) is 26.9 Å². The van der Waals surface area contributed by atoms with Crippen molar-refractivity contribution in [2.45, 2.75) is 13.5 Å². The molecule has 0 saturated carbocycles. The van der Waals surface area contributed by atoms with Crippen LogP contribution in [0.25, 0.3) is 28.0 Å². The van der Waals surface area contributed by atoms with Crippen molar-refractivity contribution >= 4 is 33.0 Å². The fraction of sp³-hybridized carbons (Fsp3) is 0.125. The van der Waals surface area contributed by atoms with Crippen molar-refractivity contribution in [2.24, 2.45) is 7.05 Å². The molecular weight excluding hydrogens is 496 g/mol. The van der Waals surface area contributed by atoms with Gasteiger partial charge in [-0.2, -0.15) is 5.10 Å². The number of halogens is 1. The summed E-state index contributed by atoms with van der Waals surface area (Å²) in [4.78, 5) is 21.9. The van der Waals surface area contributed by atoms with E-state index in [1.165, 1.54) is 29.0 Å². The molecule has 1 unspecified atom stereocenters. The Morgan fingerprint density at radius 3 is 2.74 bits per heavy atom. The number of pyridine rings is 2. The second-order valence-corrected chi connectivity index (χ2v) is 8.99. The van der Waals surface area contributed by atoms with Gasteiger partial charge in [0.15, 0.2) is 0 Å². The van der Waals surface area contributed by atoms with E-state index in [1.807, 2.05) is 43.7 Å². The average molecular weight is 517 g/mol. The molecule has 34 heavy (non-hydrogen) atoms. The van der Waals surface area contributed by atoms with E-state index in [4.69, 9.17) is 0 Å². The van der Waals surface area contributed by atoms with Crippen LogP contribution in [0.5, 0.6) is 0 Å². The van der Waals surface area contributed by atoms with Gasteiger partial charge in [0.05, 0.1) is 5.69 Å². The van der Waals surface area contributed by atoms with E-state index in [9.17, 15) is 9.18 Å². The number of aryl methyl sites for hydroxylation is 2. The van der Waals surface area contributed by atoms with Gasteiger partial charge >= 0.3 is 135 Å². The molecule has 0 aliphatic rings. The number of amides is 1. The molecule has 4 heterocycles. The molecule has 5 aromatic rings. The first-order valence-electron chi connectivity index (χ1n) is 10.5. The predicted molar refractivity (Wildman–Crippen MR) is 129 cm³/mol. The zero-order valence-electron chi connectivity index (χ0n) is 18.5. The Kier molecular flexibility index (Phi) is 5.71. The number of aromatic nitrogens is 6.